The highest BCUT2D eigenvalue weighted by molar-refractivity contribution is 9.10. The molecule has 0 radical (unpaired) electrons. The summed E-state index contributed by atoms with van der Waals surface area (Å²) < 4.78 is 6.05. The molecule has 0 aliphatic heterocycles. The Bertz CT molecular complexity index is 573. The zero-order valence-corrected chi connectivity index (χ0v) is 13.2. The Morgan fingerprint density at radius 3 is 2.50 bits per heavy atom. The molecule has 2 rings (SSSR count). The Morgan fingerprint density at radius 1 is 1.20 bits per heavy atom. The molecule has 0 aromatic carbocycles. The van der Waals surface area contributed by atoms with E-state index >= 15 is 0 Å². The van der Waals surface area contributed by atoms with Crippen molar-refractivity contribution in [1.82, 2.24) is 15.0 Å². The fourth-order valence-electron chi connectivity index (χ4n) is 1.54. The molecule has 0 saturated heterocycles. The van der Waals surface area contributed by atoms with Gasteiger partial charge in [-0.1, -0.05) is 0 Å². The van der Waals surface area contributed by atoms with Crippen molar-refractivity contribution in [2.75, 3.05) is 31.4 Å². The van der Waals surface area contributed by atoms with Gasteiger partial charge in [0.15, 0.2) is 0 Å². The molecule has 106 valence electrons. The maximum atomic E-state index is 5.22. The van der Waals surface area contributed by atoms with Crippen molar-refractivity contribution < 1.29 is 4.74 Å². The van der Waals surface area contributed by atoms with Crippen molar-refractivity contribution >= 4 is 27.7 Å². The van der Waals surface area contributed by atoms with Crippen molar-refractivity contribution in [2.24, 2.45) is 0 Å². The van der Waals surface area contributed by atoms with Gasteiger partial charge in [0.25, 0.3) is 0 Å². The van der Waals surface area contributed by atoms with Crippen LogP contribution >= 0.6 is 15.9 Å². The maximum Gasteiger partial charge on any atom is 0.224 e. The second kappa shape index (κ2) is 6.51. The van der Waals surface area contributed by atoms with Crippen LogP contribution in [-0.4, -0.2) is 36.2 Å². The van der Waals surface area contributed by atoms with Crippen LogP contribution in [0.4, 0.5) is 11.8 Å². The van der Waals surface area contributed by atoms with Crippen LogP contribution in [0.2, 0.25) is 0 Å². The number of hydrogen-bond donors (Lipinski definition) is 1. The van der Waals surface area contributed by atoms with Crippen molar-refractivity contribution in [2.45, 2.75) is 6.54 Å². The highest BCUT2D eigenvalue weighted by atomic mass is 79.9. The summed E-state index contributed by atoms with van der Waals surface area (Å²) >= 11 is 3.37. The van der Waals surface area contributed by atoms with Crippen molar-refractivity contribution in [1.29, 1.82) is 0 Å². The number of rotatable bonds is 5. The lowest BCUT2D eigenvalue weighted by molar-refractivity contribution is 0.412. The number of pyridine rings is 1. The Labute approximate surface area is 126 Å². The first-order chi connectivity index (χ1) is 9.60. The number of halogens is 1. The van der Waals surface area contributed by atoms with E-state index in [1.807, 2.05) is 25.1 Å². The van der Waals surface area contributed by atoms with E-state index < -0.39 is 0 Å². The van der Waals surface area contributed by atoms with Gasteiger partial charge in [-0.05, 0) is 15.9 Å². The van der Waals surface area contributed by atoms with Gasteiger partial charge in [0.05, 0.1) is 11.6 Å². The first kappa shape index (κ1) is 14.5. The fourth-order valence-corrected chi connectivity index (χ4v) is 1.91. The summed E-state index contributed by atoms with van der Waals surface area (Å²) in [6.45, 7) is 0.603. The van der Waals surface area contributed by atoms with E-state index in [-0.39, 0.29) is 0 Å². The lowest BCUT2D eigenvalue weighted by atomic mass is 10.3. The van der Waals surface area contributed by atoms with Crippen molar-refractivity contribution in [3.8, 4) is 5.75 Å². The molecule has 0 atom stereocenters. The molecule has 7 heteroatoms. The summed E-state index contributed by atoms with van der Waals surface area (Å²) in [4.78, 5) is 14.6. The minimum absolute atomic E-state index is 0.603. The number of anilines is 2. The van der Waals surface area contributed by atoms with Gasteiger partial charge in [-0.15, -0.1) is 0 Å². The van der Waals surface area contributed by atoms with E-state index in [4.69, 9.17) is 4.74 Å². The SMILES string of the molecule is COc1cc(NCc2cnc(N(C)C)nc2)ncc1Br. The van der Waals surface area contributed by atoms with E-state index in [1.165, 1.54) is 0 Å². The Morgan fingerprint density at radius 2 is 1.90 bits per heavy atom. The van der Waals surface area contributed by atoms with Gasteiger partial charge in [-0.3, -0.25) is 0 Å². The second-order valence-corrected chi connectivity index (χ2v) is 5.20. The molecule has 0 fully saturated rings. The number of hydrogen-bond acceptors (Lipinski definition) is 6. The van der Waals surface area contributed by atoms with E-state index in [9.17, 15) is 0 Å². The van der Waals surface area contributed by atoms with E-state index in [2.05, 4.69) is 36.2 Å². The third-order valence-corrected chi connectivity index (χ3v) is 3.20. The van der Waals surface area contributed by atoms with Crippen LogP contribution in [0.3, 0.4) is 0 Å². The quantitative estimate of drug-likeness (QED) is 0.903. The summed E-state index contributed by atoms with van der Waals surface area (Å²) in [7, 11) is 5.44. The maximum absolute atomic E-state index is 5.22. The minimum Gasteiger partial charge on any atom is -0.495 e. The van der Waals surface area contributed by atoms with Gasteiger partial charge >= 0.3 is 0 Å². The topological polar surface area (TPSA) is 63.2 Å². The summed E-state index contributed by atoms with van der Waals surface area (Å²) in [6, 6.07) is 1.83. The average molecular weight is 338 g/mol. The third-order valence-electron chi connectivity index (χ3n) is 2.61. The smallest absolute Gasteiger partial charge is 0.224 e. The van der Waals surface area contributed by atoms with Gasteiger partial charge in [-0.2, -0.15) is 0 Å². The van der Waals surface area contributed by atoms with Gasteiger partial charge < -0.3 is 15.0 Å². The van der Waals surface area contributed by atoms with Gasteiger partial charge in [0, 0.05) is 50.9 Å². The van der Waals surface area contributed by atoms with Gasteiger partial charge in [-0.25, -0.2) is 15.0 Å². The zero-order chi connectivity index (χ0) is 14.5. The zero-order valence-electron chi connectivity index (χ0n) is 11.6. The fraction of sp³-hybridized carbons (Fsp3) is 0.308. The summed E-state index contributed by atoms with van der Waals surface area (Å²) in [6.07, 6.45) is 5.30. The number of nitrogens with zero attached hydrogens (tertiary/aromatic N) is 4. The van der Waals surface area contributed by atoms with Crippen LogP contribution in [0.15, 0.2) is 29.1 Å². The molecule has 2 aromatic heterocycles. The molecule has 6 nitrogen and oxygen atoms in total. The molecule has 0 unspecified atom stereocenters. The summed E-state index contributed by atoms with van der Waals surface area (Å²) in [5.74, 6) is 2.17. The number of ether oxygens (including phenoxy) is 1. The second-order valence-electron chi connectivity index (χ2n) is 4.34. The third kappa shape index (κ3) is 3.57. The molecule has 0 aliphatic carbocycles. The summed E-state index contributed by atoms with van der Waals surface area (Å²) in [5.41, 5.74) is 0.985. The largest absolute Gasteiger partial charge is 0.495 e. The Kier molecular flexibility index (Phi) is 4.73. The lowest BCUT2D eigenvalue weighted by Gasteiger charge is -2.11. The molecule has 0 saturated carbocycles. The normalized spacial score (nSPS) is 10.2. The minimum atomic E-state index is 0.603. The average Bonchev–Trinajstić information content (AvgIpc) is 2.46. The molecule has 2 aromatic rings. The van der Waals surface area contributed by atoms with Crippen LogP contribution < -0.4 is 15.0 Å². The van der Waals surface area contributed by atoms with Crippen molar-refractivity contribution in [3.63, 3.8) is 0 Å². The Hall–Kier alpha value is -1.89. The predicted octanol–water partition coefficient (Wildman–Crippen LogP) is 2.32. The van der Waals surface area contributed by atoms with Crippen LogP contribution in [0.1, 0.15) is 5.56 Å². The first-order valence-electron chi connectivity index (χ1n) is 6.02. The number of nitrogens with one attached hydrogen (secondary N) is 1. The Balaban J connectivity index is 2.01. The number of methoxy groups -OCH3 is 1. The molecule has 1 N–H and O–H groups in total. The molecule has 20 heavy (non-hydrogen) atoms. The van der Waals surface area contributed by atoms with Gasteiger partial charge in [0.1, 0.15) is 11.6 Å². The van der Waals surface area contributed by atoms with Crippen molar-refractivity contribution in [3.05, 3.63) is 34.7 Å². The molecule has 0 spiro atoms. The highest BCUT2D eigenvalue weighted by Crippen LogP contribution is 2.25. The lowest BCUT2D eigenvalue weighted by Crippen LogP contribution is -2.13. The predicted molar refractivity (Wildman–Crippen MR) is 82.2 cm³/mol. The van der Waals surface area contributed by atoms with E-state index in [0.717, 1.165) is 21.6 Å². The van der Waals surface area contributed by atoms with E-state index in [1.54, 1.807) is 25.7 Å². The highest BCUT2D eigenvalue weighted by Gasteiger charge is 2.04. The monoisotopic (exact) mass is 337 g/mol. The standard InChI is InChI=1S/C13H16BrN5O/c1-19(2)13-17-6-9(7-18-13)5-15-12-4-11(20-3)10(14)8-16-12/h4,6-8H,5H2,1-3H3,(H,15,16). The molecule has 2 heterocycles. The molecule has 0 aliphatic rings. The molecular weight excluding hydrogens is 322 g/mol. The van der Waals surface area contributed by atoms with E-state index in [0.29, 0.717) is 12.5 Å². The van der Waals surface area contributed by atoms with Crippen LogP contribution in [0, 0.1) is 0 Å². The van der Waals surface area contributed by atoms with Crippen LogP contribution in [0.25, 0.3) is 0 Å². The van der Waals surface area contributed by atoms with Gasteiger partial charge in [0.2, 0.25) is 5.95 Å². The molecule has 0 amide bonds. The molecule has 0 bridgehead atoms. The first-order valence-corrected chi connectivity index (χ1v) is 6.81. The van der Waals surface area contributed by atoms with Crippen LogP contribution in [0.5, 0.6) is 5.75 Å². The summed E-state index contributed by atoms with van der Waals surface area (Å²) in [5, 5.41) is 3.21. The van der Waals surface area contributed by atoms with Crippen LogP contribution in [-0.2, 0) is 6.54 Å². The molecular formula is C13H16BrN5O. The number of aromatic nitrogens is 3.